The normalized spacial score (nSPS) is 15.2. The fourth-order valence-corrected chi connectivity index (χ4v) is 4.39. The lowest BCUT2D eigenvalue weighted by molar-refractivity contribution is 0.0655. The maximum Gasteiger partial charge on any atom is 0.283 e. The van der Waals surface area contributed by atoms with E-state index in [9.17, 15) is 18.4 Å². The van der Waals surface area contributed by atoms with Gasteiger partial charge in [-0.1, -0.05) is 18.2 Å². The highest BCUT2D eigenvalue weighted by molar-refractivity contribution is 7.11. The van der Waals surface area contributed by atoms with Crippen molar-refractivity contribution < 1.29 is 18.4 Å². The molecule has 148 valence electrons. The molecule has 1 aliphatic rings. The van der Waals surface area contributed by atoms with Crippen LogP contribution in [0, 0.1) is 11.6 Å². The Labute approximate surface area is 169 Å². The topological polar surface area (TPSA) is 76.3 Å². The highest BCUT2D eigenvalue weighted by atomic mass is 32.1. The van der Waals surface area contributed by atoms with Gasteiger partial charge in [-0.15, -0.1) is 11.3 Å². The number of thiazole rings is 1. The number of nitrogens with two attached hydrogens (primary N) is 1. The first-order chi connectivity index (χ1) is 14.0. The van der Waals surface area contributed by atoms with Gasteiger partial charge in [-0.25, -0.2) is 13.8 Å². The number of aromatic nitrogens is 1. The number of benzene rings is 2. The number of hydrogen-bond acceptors (Lipinski definition) is 4. The maximum atomic E-state index is 14.2. The van der Waals surface area contributed by atoms with E-state index in [2.05, 4.69) is 4.98 Å². The first-order valence-electron chi connectivity index (χ1n) is 9.01. The zero-order valence-electron chi connectivity index (χ0n) is 15.3. The summed E-state index contributed by atoms with van der Waals surface area (Å²) in [6, 6.07) is 8.33. The van der Waals surface area contributed by atoms with E-state index < -0.39 is 23.6 Å². The Morgan fingerprint density at radius 2 is 2.03 bits per heavy atom. The molecule has 5 nitrogen and oxygen atoms in total. The van der Waals surface area contributed by atoms with Crippen LogP contribution in [0.2, 0.25) is 0 Å². The van der Waals surface area contributed by atoms with E-state index in [1.165, 1.54) is 28.5 Å². The Hall–Kier alpha value is -3.13. The van der Waals surface area contributed by atoms with Crippen LogP contribution in [-0.4, -0.2) is 21.7 Å². The van der Waals surface area contributed by atoms with Gasteiger partial charge in [0.2, 0.25) is 5.91 Å². The first-order valence-corrected chi connectivity index (χ1v) is 9.89. The summed E-state index contributed by atoms with van der Waals surface area (Å²) >= 11 is 1.18. The summed E-state index contributed by atoms with van der Waals surface area (Å²) in [5.41, 5.74) is 7.20. The summed E-state index contributed by atoms with van der Waals surface area (Å²) in [6.07, 6.45) is 2.37. The molecular formula is C21H17F2N3O2S. The van der Waals surface area contributed by atoms with Crippen LogP contribution in [0.15, 0.2) is 48.0 Å². The number of hydrogen-bond donors (Lipinski definition) is 1. The SMILES string of the molecule is NC(=O)c1ccccc1CN(C(=O)c1nccs1)[C@@H]1CCc2c(F)cc(F)cc21. The number of carbonyl (C=O) groups is 2. The second-order valence-corrected chi connectivity index (χ2v) is 7.70. The number of primary amides is 1. The van der Waals surface area contributed by atoms with Crippen molar-refractivity contribution >= 4 is 23.2 Å². The molecular weight excluding hydrogens is 396 g/mol. The minimum atomic E-state index is -0.688. The number of amides is 2. The van der Waals surface area contributed by atoms with Crippen molar-refractivity contribution in [3.63, 3.8) is 0 Å². The fourth-order valence-electron chi connectivity index (χ4n) is 3.80. The average molecular weight is 413 g/mol. The Morgan fingerprint density at radius 1 is 1.24 bits per heavy atom. The van der Waals surface area contributed by atoms with Crippen LogP contribution in [-0.2, 0) is 13.0 Å². The summed E-state index contributed by atoms with van der Waals surface area (Å²) in [5.74, 6) is -2.26. The summed E-state index contributed by atoms with van der Waals surface area (Å²) in [4.78, 5) is 30.7. The zero-order valence-corrected chi connectivity index (χ0v) is 16.1. The van der Waals surface area contributed by atoms with Crippen LogP contribution in [0.5, 0.6) is 0 Å². The van der Waals surface area contributed by atoms with E-state index in [1.807, 2.05) is 0 Å². The standard InChI is InChI=1S/C21H17F2N3O2S/c22-13-9-16-15(17(23)10-13)5-6-18(16)26(21(28)20-25-7-8-29-20)11-12-3-1-2-4-14(12)19(24)27/h1-4,7-10,18H,5-6,11H2,(H2,24,27)/t18-/m1/s1. The lowest BCUT2D eigenvalue weighted by Crippen LogP contribution is -2.34. The first kappa shape index (κ1) is 19.2. The van der Waals surface area contributed by atoms with Gasteiger partial charge in [-0.3, -0.25) is 9.59 Å². The summed E-state index contributed by atoms with van der Waals surface area (Å²) < 4.78 is 28.2. The van der Waals surface area contributed by atoms with Crippen molar-refractivity contribution in [2.24, 2.45) is 5.73 Å². The third kappa shape index (κ3) is 3.63. The predicted octanol–water partition coefficient (Wildman–Crippen LogP) is 3.85. The van der Waals surface area contributed by atoms with E-state index in [-0.39, 0.29) is 17.5 Å². The van der Waals surface area contributed by atoms with Crippen LogP contribution in [0.25, 0.3) is 0 Å². The fraction of sp³-hybridized carbons (Fsp3) is 0.190. The van der Waals surface area contributed by atoms with Crippen LogP contribution in [0.1, 0.15) is 49.3 Å². The maximum absolute atomic E-state index is 14.2. The van der Waals surface area contributed by atoms with Gasteiger partial charge >= 0.3 is 0 Å². The largest absolute Gasteiger partial charge is 0.366 e. The van der Waals surface area contributed by atoms with E-state index in [0.29, 0.717) is 35.1 Å². The molecule has 0 unspecified atom stereocenters. The molecule has 3 aromatic rings. The lowest BCUT2D eigenvalue weighted by atomic mass is 10.0. The minimum Gasteiger partial charge on any atom is -0.366 e. The van der Waals surface area contributed by atoms with E-state index in [1.54, 1.807) is 29.6 Å². The molecule has 1 aliphatic carbocycles. The molecule has 2 aromatic carbocycles. The van der Waals surface area contributed by atoms with Crippen molar-refractivity contribution in [3.05, 3.63) is 86.9 Å². The molecule has 0 saturated heterocycles. The average Bonchev–Trinajstić information content (AvgIpc) is 3.36. The molecule has 29 heavy (non-hydrogen) atoms. The number of carbonyl (C=O) groups excluding carboxylic acids is 2. The molecule has 8 heteroatoms. The highest BCUT2D eigenvalue weighted by Gasteiger charge is 2.35. The third-order valence-electron chi connectivity index (χ3n) is 5.10. The van der Waals surface area contributed by atoms with E-state index >= 15 is 0 Å². The number of halogens is 2. The van der Waals surface area contributed by atoms with Crippen LogP contribution >= 0.6 is 11.3 Å². The second-order valence-electron chi connectivity index (χ2n) is 6.80. The molecule has 1 heterocycles. The van der Waals surface area contributed by atoms with Gasteiger partial charge in [-0.05, 0) is 41.7 Å². The zero-order chi connectivity index (χ0) is 20.5. The molecule has 2 N–H and O–H groups in total. The predicted molar refractivity (Wildman–Crippen MR) is 104 cm³/mol. The molecule has 0 radical (unpaired) electrons. The minimum absolute atomic E-state index is 0.0692. The monoisotopic (exact) mass is 413 g/mol. The Bertz CT molecular complexity index is 1090. The molecule has 0 spiro atoms. The molecule has 0 saturated carbocycles. The summed E-state index contributed by atoms with van der Waals surface area (Å²) in [7, 11) is 0. The smallest absolute Gasteiger partial charge is 0.283 e. The quantitative estimate of drug-likeness (QED) is 0.690. The Balaban J connectivity index is 1.78. The molecule has 1 atom stereocenters. The van der Waals surface area contributed by atoms with Gasteiger partial charge < -0.3 is 10.6 Å². The molecule has 0 aliphatic heterocycles. The molecule has 0 fully saturated rings. The van der Waals surface area contributed by atoms with Gasteiger partial charge in [-0.2, -0.15) is 0 Å². The number of fused-ring (bicyclic) bond motifs is 1. The van der Waals surface area contributed by atoms with Gasteiger partial charge in [0.15, 0.2) is 5.01 Å². The summed E-state index contributed by atoms with van der Waals surface area (Å²) in [6.45, 7) is 0.0692. The number of rotatable bonds is 5. The van der Waals surface area contributed by atoms with E-state index in [0.717, 1.165) is 6.07 Å². The summed E-state index contributed by atoms with van der Waals surface area (Å²) in [5, 5.41) is 1.96. The van der Waals surface area contributed by atoms with Gasteiger partial charge in [0.25, 0.3) is 5.91 Å². The lowest BCUT2D eigenvalue weighted by Gasteiger charge is -2.30. The highest BCUT2D eigenvalue weighted by Crippen LogP contribution is 2.39. The van der Waals surface area contributed by atoms with Crippen molar-refractivity contribution in [2.45, 2.75) is 25.4 Å². The van der Waals surface area contributed by atoms with Crippen molar-refractivity contribution in [3.8, 4) is 0 Å². The van der Waals surface area contributed by atoms with E-state index in [4.69, 9.17) is 5.73 Å². The third-order valence-corrected chi connectivity index (χ3v) is 5.86. The molecule has 0 bridgehead atoms. The van der Waals surface area contributed by atoms with Crippen LogP contribution in [0.3, 0.4) is 0 Å². The van der Waals surface area contributed by atoms with Crippen LogP contribution < -0.4 is 5.73 Å². The van der Waals surface area contributed by atoms with Crippen LogP contribution in [0.4, 0.5) is 8.78 Å². The van der Waals surface area contributed by atoms with Gasteiger partial charge in [0.05, 0.1) is 6.04 Å². The second kappa shape index (κ2) is 7.71. The van der Waals surface area contributed by atoms with Crippen molar-refractivity contribution in [1.82, 2.24) is 9.88 Å². The Kier molecular flexibility index (Phi) is 5.10. The van der Waals surface area contributed by atoms with Crippen molar-refractivity contribution in [1.29, 1.82) is 0 Å². The molecule has 1 aromatic heterocycles. The number of nitrogens with zero attached hydrogens (tertiary/aromatic N) is 2. The Morgan fingerprint density at radius 3 is 2.76 bits per heavy atom. The van der Waals surface area contributed by atoms with Gasteiger partial charge in [0, 0.05) is 29.8 Å². The van der Waals surface area contributed by atoms with Crippen molar-refractivity contribution in [2.75, 3.05) is 0 Å². The van der Waals surface area contributed by atoms with Gasteiger partial charge in [0.1, 0.15) is 11.6 Å². The molecule has 2 amide bonds. The molecule has 4 rings (SSSR count).